The molecule has 0 nitrogen and oxygen atoms in total. The van der Waals surface area contributed by atoms with Crippen LogP contribution in [0.25, 0.3) is 0 Å². The van der Waals surface area contributed by atoms with E-state index >= 15 is 0 Å². The predicted octanol–water partition coefficient (Wildman–Crippen LogP) is 2.96. The Balaban J connectivity index is 2.20. The zero-order chi connectivity index (χ0) is 6.69. The Bertz CT molecular complexity index is 101. The van der Waals surface area contributed by atoms with Crippen LogP contribution in [0.4, 0.5) is 0 Å². The number of allylic oxidation sites excluding steroid dienone is 2. The van der Waals surface area contributed by atoms with Gasteiger partial charge in [-0.15, -0.1) is 0 Å². The van der Waals surface area contributed by atoms with Crippen LogP contribution in [-0.2, 0) is 0 Å². The average molecular weight is 123 g/mol. The molecule has 0 heterocycles. The molecule has 1 aliphatic rings. The highest BCUT2D eigenvalue weighted by atomic mass is 14.1. The van der Waals surface area contributed by atoms with E-state index in [1.54, 1.807) is 5.92 Å². The predicted molar refractivity (Wildman–Crippen MR) is 41.1 cm³/mol. The van der Waals surface area contributed by atoms with Crippen LogP contribution in [0.3, 0.4) is 0 Å². The third-order valence-electron chi connectivity index (χ3n) is 1.78. The Kier molecular flexibility index (Phi) is 2.32. The van der Waals surface area contributed by atoms with Gasteiger partial charge in [0.15, 0.2) is 0 Å². The molecular formula is C9H15. The first-order valence-electron chi connectivity index (χ1n) is 3.74. The fourth-order valence-corrected chi connectivity index (χ4v) is 1.39. The number of rotatable bonds is 2. The molecule has 0 aromatic carbocycles. The van der Waals surface area contributed by atoms with Crippen molar-refractivity contribution in [1.82, 2.24) is 0 Å². The van der Waals surface area contributed by atoms with E-state index in [4.69, 9.17) is 0 Å². The molecule has 0 aliphatic heterocycles. The Labute approximate surface area is 58.0 Å². The van der Waals surface area contributed by atoms with Crippen molar-refractivity contribution in [3.05, 3.63) is 18.1 Å². The molecule has 1 radical (unpaired) electrons. The van der Waals surface area contributed by atoms with Gasteiger partial charge in [-0.25, -0.2) is 0 Å². The van der Waals surface area contributed by atoms with E-state index in [2.05, 4.69) is 26.0 Å². The van der Waals surface area contributed by atoms with E-state index < -0.39 is 0 Å². The molecular weight excluding hydrogens is 108 g/mol. The summed E-state index contributed by atoms with van der Waals surface area (Å²) in [5, 5.41) is 0. The smallest absolute Gasteiger partial charge is 0.0225 e. The largest absolute Gasteiger partial charge is 0.0882 e. The van der Waals surface area contributed by atoms with Gasteiger partial charge in [0, 0.05) is 0 Å². The minimum absolute atomic E-state index is 0.870. The summed E-state index contributed by atoms with van der Waals surface area (Å²) < 4.78 is 0. The molecule has 51 valence electrons. The zero-order valence-corrected chi connectivity index (χ0v) is 6.35. The first-order valence-corrected chi connectivity index (χ1v) is 3.74. The highest BCUT2D eigenvalue weighted by Gasteiger charge is 2.09. The zero-order valence-electron chi connectivity index (χ0n) is 6.35. The molecule has 0 spiro atoms. The van der Waals surface area contributed by atoms with Gasteiger partial charge >= 0.3 is 0 Å². The van der Waals surface area contributed by atoms with Crippen molar-refractivity contribution in [2.45, 2.75) is 33.1 Å². The van der Waals surface area contributed by atoms with Gasteiger partial charge in [-0.3, -0.25) is 0 Å². The highest BCUT2D eigenvalue weighted by molar-refractivity contribution is 4.99. The summed E-state index contributed by atoms with van der Waals surface area (Å²) in [6.45, 7) is 4.43. The van der Waals surface area contributed by atoms with Crippen molar-refractivity contribution in [2.24, 2.45) is 5.92 Å². The monoisotopic (exact) mass is 123 g/mol. The summed E-state index contributed by atoms with van der Waals surface area (Å²) in [4.78, 5) is 0. The maximum absolute atomic E-state index is 2.35. The van der Waals surface area contributed by atoms with Crippen LogP contribution in [-0.4, -0.2) is 0 Å². The Hall–Kier alpha value is -0.260. The van der Waals surface area contributed by atoms with Crippen molar-refractivity contribution in [1.29, 1.82) is 0 Å². The van der Waals surface area contributed by atoms with Crippen LogP contribution in [0.5, 0.6) is 0 Å². The fourth-order valence-electron chi connectivity index (χ4n) is 1.39. The molecule has 0 heteroatoms. The summed E-state index contributed by atoms with van der Waals surface area (Å²) >= 11 is 0. The molecule has 1 atom stereocenters. The number of hydrogen-bond donors (Lipinski definition) is 0. The standard InChI is InChI=1S/C9H15/c1-8(2)7-9-5-3-4-6-9/h3,5,9H,4,6-7H2,1-2H3. The van der Waals surface area contributed by atoms with Gasteiger partial charge in [-0.1, -0.05) is 26.0 Å². The van der Waals surface area contributed by atoms with E-state index in [0.717, 1.165) is 5.92 Å². The SMILES string of the molecule is C[C](C)CC1C=CCC1. The molecule has 0 amide bonds. The van der Waals surface area contributed by atoms with E-state index in [9.17, 15) is 0 Å². The lowest BCUT2D eigenvalue weighted by atomic mass is 9.97. The minimum atomic E-state index is 0.870. The van der Waals surface area contributed by atoms with Gasteiger partial charge in [0.05, 0.1) is 0 Å². The first-order chi connectivity index (χ1) is 4.29. The van der Waals surface area contributed by atoms with E-state index in [0.29, 0.717) is 0 Å². The van der Waals surface area contributed by atoms with Gasteiger partial charge in [-0.2, -0.15) is 0 Å². The summed E-state index contributed by atoms with van der Waals surface area (Å²) in [6, 6.07) is 0. The molecule has 0 N–H and O–H groups in total. The van der Waals surface area contributed by atoms with Crippen molar-refractivity contribution < 1.29 is 0 Å². The quantitative estimate of drug-likeness (QED) is 0.495. The van der Waals surface area contributed by atoms with Gasteiger partial charge in [0.2, 0.25) is 0 Å². The van der Waals surface area contributed by atoms with Crippen LogP contribution in [0, 0.1) is 11.8 Å². The maximum Gasteiger partial charge on any atom is -0.0225 e. The van der Waals surface area contributed by atoms with Crippen molar-refractivity contribution in [3.63, 3.8) is 0 Å². The Morgan fingerprint density at radius 3 is 2.78 bits per heavy atom. The first kappa shape index (κ1) is 6.85. The third kappa shape index (κ3) is 2.21. The van der Waals surface area contributed by atoms with Crippen LogP contribution in [0.1, 0.15) is 33.1 Å². The molecule has 1 unspecified atom stereocenters. The molecule has 1 aliphatic carbocycles. The van der Waals surface area contributed by atoms with Crippen LogP contribution < -0.4 is 0 Å². The second-order valence-corrected chi connectivity index (χ2v) is 3.18. The number of hydrogen-bond acceptors (Lipinski definition) is 0. The van der Waals surface area contributed by atoms with Crippen molar-refractivity contribution in [2.75, 3.05) is 0 Å². The molecule has 0 saturated carbocycles. The van der Waals surface area contributed by atoms with Gasteiger partial charge in [0.1, 0.15) is 0 Å². The van der Waals surface area contributed by atoms with Gasteiger partial charge in [0.25, 0.3) is 0 Å². The topological polar surface area (TPSA) is 0 Å². The van der Waals surface area contributed by atoms with E-state index in [1.165, 1.54) is 19.3 Å². The molecule has 9 heavy (non-hydrogen) atoms. The van der Waals surface area contributed by atoms with E-state index in [-0.39, 0.29) is 0 Å². The van der Waals surface area contributed by atoms with Crippen LogP contribution in [0.2, 0.25) is 0 Å². The second kappa shape index (κ2) is 3.05. The average Bonchev–Trinajstić information content (AvgIpc) is 2.15. The Morgan fingerprint density at radius 1 is 1.56 bits per heavy atom. The molecule has 0 saturated heterocycles. The lowest BCUT2D eigenvalue weighted by Gasteiger charge is -2.08. The van der Waals surface area contributed by atoms with Crippen LogP contribution in [0.15, 0.2) is 12.2 Å². The summed E-state index contributed by atoms with van der Waals surface area (Å²) in [5.41, 5.74) is 0. The molecule has 1 rings (SSSR count). The highest BCUT2D eigenvalue weighted by Crippen LogP contribution is 2.24. The fraction of sp³-hybridized carbons (Fsp3) is 0.667. The third-order valence-corrected chi connectivity index (χ3v) is 1.78. The summed E-state index contributed by atoms with van der Waals surface area (Å²) in [6.07, 6.45) is 8.64. The minimum Gasteiger partial charge on any atom is -0.0882 e. The molecule has 0 bridgehead atoms. The van der Waals surface area contributed by atoms with E-state index in [1.807, 2.05) is 0 Å². The maximum atomic E-state index is 2.35. The lowest BCUT2D eigenvalue weighted by molar-refractivity contribution is 0.590. The van der Waals surface area contributed by atoms with Crippen molar-refractivity contribution >= 4 is 0 Å². The van der Waals surface area contributed by atoms with Gasteiger partial charge in [-0.05, 0) is 31.1 Å². The van der Waals surface area contributed by atoms with Gasteiger partial charge < -0.3 is 0 Å². The normalized spacial score (nSPS) is 25.9. The van der Waals surface area contributed by atoms with Crippen molar-refractivity contribution in [3.8, 4) is 0 Å². The molecule has 0 aromatic rings. The Morgan fingerprint density at radius 2 is 2.33 bits per heavy atom. The lowest BCUT2D eigenvalue weighted by Crippen LogP contribution is -1.95. The molecule has 0 fully saturated rings. The molecule has 0 aromatic heterocycles. The van der Waals surface area contributed by atoms with Crippen LogP contribution >= 0.6 is 0 Å². The second-order valence-electron chi connectivity index (χ2n) is 3.18. The summed E-state index contributed by atoms with van der Waals surface area (Å²) in [5.74, 6) is 2.43. The summed E-state index contributed by atoms with van der Waals surface area (Å²) in [7, 11) is 0.